The second-order valence-corrected chi connectivity index (χ2v) is 8.29. The van der Waals surface area contributed by atoms with Crippen LogP contribution in [0.25, 0.3) is 10.2 Å². The monoisotopic (exact) mass is 392 g/mol. The number of fused-ring (bicyclic) bond motifs is 1. The van der Waals surface area contributed by atoms with Gasteiger partial charge in [-0.25, -0.2) is 23.0 Å². The zero-order chi connectivity index (χ0) is 19.1. The average Bonchev–Trinajstić information content (AvgIpc) is 2.93. The maximum atomic E-state index is 12.6. The van der Waals surface area contributed by atoms with E-state index in [1.807, 2.05) is 6.92 Å². The first-order valence-corrected chi connectivity index (χ1v) is 9.47. The van der Waals surface area contributed by atoms with Crippen LogP contribution in [0.3, 0.4) is 0 Å². The molecule has 0 unspecified atom stereocenters. The topological polar surface area (TPSA) is 134 Å². The highest BCUT2D eigenvalue weighted by Crippen LogP contribution is 2.26. The Balaban J connectivity index is 2.02. The Labute approximate surface area is 151 Å². The number of benzene rings is 2. The fourth-order valence-electron chi connectivity index (χ4n) is 2.33. The number of carboxylic acid groups (broad SMARTS) is 2. The molecule has 1 aromatic heterocycles. The quantitative estimate of drug-likeness (QED) is 0.608. The Bertz CT molecular complexity index is 1120. The van der Waals surface area contributed by atoms with Crippen LogP contribution in [-0.2, 0) is 10.0 Å². The molecule has 3 rings (SSSR count). The predicted octanol–water partition coefficient (Wildman–Crippen LogP) is 2.80. The van der Waals surface area contributed by atoms with Crippen LogP contribution in [0.1, 0.15) is 25.7 Å². The molecule has 26 heavy (non-hydrogen) atoms. The van der Waals surface area contributed by atoms with Gasteiger partial charge in [-0.1, -0.05) is 0 Å². The molecule has 0 amide bonds. The summed E-state index contributed by atoms with van der Waals surface area (Å²) in [5, 5.41) is 18.9. The summed E-state index contributed by atoms with van der Waals surface area (Å²) in [6, 6.07) is 7.48. The van der Waals surface area contributed by atoms with E-state index in [1.54, 1.807) is 6.07 Å². The summed E-state index contributed by atoms with van der Waals surface area (Å²) in [5.41, 5.74) is -0.150. The van der Waals surface area contributed by atoms with Crippen LogP contribution in [0.5, 0.6) is 0 Å². The van der Waals surface area contributed by atoms with Gasteiger partial charge in [0.15, 0.2) is 0 Å². The molecule has 0 bridgehead atoms. The van der Waals surface area contributed by atoms with E-state index in [9.17, 15) is 18.0 Å². The summed E-state index contributed by atoms with van der Waals surface area (Å²) >= 11 is 1.34. The van der Waals surface area contributed by atoms with Gasteiger partial charge in [0, 0.05) is 0 Å². The van der Waals surface area contributed by atoms with Gasteiger partial charge in [-0.2, -0.15) is 0 Å². The average molecular weight is 392 g/mol. The number of hydrogen-bond acceptors (Lipinski definition) is 6. The first-order chi connectivity index (χ1) is 12.2. The minimum atomic E-state index is -4.04. The van der Waals surface area contributed by atoms with E-state index in [0.29, 0.717) is 10.2 Å². The lowest BCUT2D eigenvalue weighted by Crippen LogP contribution is -2.14. The van der Waals surface area contributed by atoms with Crippen molar-refractivity contribution in [3.8, 4) is 0 Å². The summed E-state index contributed by atoms with van der Waals surface area (Å²) in [6.45, 7) is 1.81. The molecular formula is C16H12N2O6S2. The van der Waals surface area contributed by atoms with Gasteiger partial charge in [-0.05, 0) is 43.3 Å². The molecule has 3 N–H and O–H groups in total. The molecular weight excluding hydrogens is 380 g/mol. The fraction of sp³-hybridized carbons (Fsp3) is 0.0625. The molecule has 8 nitrogen and oxygen atoms in total. The zero-order valence-corrected chi connectivity index (χ0v) is 14.9. The van der Waals surface area contributed by atoms with E-state index in [-0.39, 0.29) is 21.7 Å². The number of carbonyl (C=O) groups is 2. The molecule has 0 radical (unpaired) electrons. The standard InChI is InChI=1S/C16H12N2O6S2/c1-8-17-13-3-2-12(7-14(13)25-8)26(23,24)18-11-5-9(15(19)20)4-10(6-11)16(21)22/h2-7,18H,1H3,(H,19,20)(H,21,22). The van der Waals surface area contributed by atoms with Crippen molar-refractivity contribution in [3.05, 3.63) is 52.5 Å². The zero-order valence-electron chi connectivity index (χ0n) is 13.3. The molecule has 2 aromatic carbocycles. The van der Waals surface area contributed by atoms with Crippen LogP contribution in [-0.4, -0.2) is 35.6 Å². The van der Waals surface area contributed by atoms with Gasteiger partial charge in [0.05, 0.1) is 36.9 Å². The number of thiazole rings is 1. The van der Waals surface area contributed by atoms with E-state index < -0.39 is 22.0 Å². The summed E-state index contributed by atoms with van der Waals surface area (Å²) in [6.07, 6.45) is 0. The van der Waals surface area contributed by atoms with Crippen LogP contribution < -0.4 is 4.72 Å². The maximum Gasteiger partial charge on any atom is 0.335 e. The summed E-state index contributed by atoms with van der Waals surface area (Å²) < 4.78 is 28.1. The maximum absolute atomic E-state index is 12.6. The number of aryl methyl sites for hydroxylation is 1. The molecule has 0 atom stereocenters. The van der Waals surface area contributed by atoms with Crippen molar-refractivity contribution in [2.75, 3.05) is 4.72 Å². The van der Waals surface area contributed by atoms with Crippen LogP contribution in [0.4, 0.5) is 5.69 Å². The molecule has 0 saturated heterocycles. The number of sulfonamides is 1. The lowest BCUT2D eigenvalue weighted by atomic mass is 10.1. The lowest BCUT2D eigenvalue weighted by molar-refractivity contribution is 0.0696. The van der Waals surface area contributed by atoms with Gasteiger partial charge in [0.1, 0.15) is 0 Å². The second-order valence-electron chi connectivity index (χ2n) is 5.38. The number of carboxylic acids is 2. The van der Waals surface area contributed by atoms with Gasteiger partial charge in [0.2, 0.25) is 0 Å². The third kappa shape index (κ3) is 3.51. The van der Waals surface area contributed by atoms with Crippen LogP contribution in [0, 0.1) is 6.92 Å². The third-order valence-electron chi connectivity index (χ3n) is 3.46. The molecule has 3 aromatic rings. The van der Waals surface area contributed by atoms with Crippen LogP contribution >= 0.6 is 11.3 Å². The van der Waals surface area contributed by atoms with Gasteiger partial charge in [0.25, 0.3) is 10.0 Å². The van der Waals surface area contributed by atoms with Crippen molar-refractivity contribution in [1.82, 2.24) is 4.98 Å². The van der Waals surface area contributed by atoms with Crippen LogP contribution in [0.15, 0.2) is 41.3 Å². The number of anilines is 1. The molecule has 0 spiro atoms. The first-order valence-electron chi connectivity index (χ1n) is 7.17. The fourth-order valence-corrected chi connectivity index (χ4v) is 4.34. The van der Waals surface area contributed by atoms with Crippen molar-refractivity contribution < 1.29 is 28.2 Å². The minimum Gasteiger partial charge on any atom is -0.478 e. The molecule has 1 heterocycles. The number of hydrogen-bond donors (Lipinski definition) is 3. The predicted molar refractivity (Wildman–Crippen MR) is 95.5 cm³/mol. The number of aromatic carboxylic acids is 2. The Morgan fingerprint density at radius 2 is 1.65 bits per heavy atom. The minimum absolute atomic E-state index is 0.0359. The Hall–Kier alpha value is -2.98. The van der Waals surface area contributed by atoms with Crippen molar-refractivity contribution in [2.45, 2.75) is 11.8 Å². The van der Waals surface area contributed by atoms with E-state index in [1.165, 1.54) is 23.5 Å². The van der Waals surface area contributed by atoms with E-state index >= 15 is 0 Å². The molecule has 0 saturated carbocycles. The van der Waals surface area contributed by atoms with E-state index in [4.69, 9.17) is 10.2 Å². The number of nitrogens with zero attached hydrogens (tertiary/aromatic N) is 1. The van der Waals surface area contributed by atoms with Gasteiger partial charge in [-0.3, -0.25) is 4.72 Å². The van der Waals surface area contributed by atoms with Crippen molar-refractivity contribution in [2.24, 2.45) is 0 Å². The summed E-state index contributed by atoms with van der Waals surface area (Å²) in [5.74, 6) is -2.73. The molecule has 10 heteroatoms. The molecule has 0 aliphatic rings. The first kappa shape index (κ1) is 17.8. The molecule has 0 aliphatic carbocycles. The summed E-state index contributed by atoms with van der Waals surface area (Å²) in [7, 11) is -4.04. The van der Waals surface area contributed by atoms with E-state index in [2.05, 4.69) is 9.71 Å². The Morgan fingerprint density at radius 3 is 2.23 bits per heavy atom. The third-order valence-corrected chi connectivity index (χ3v) is 5.77. The van der Waals surface area contributed by atoms with Crippen molar-refractivity contribution in [3.63, 3.8) is 0 Å². The second kappa shape index (κ2) is 6.39. The lowest BCUT2D eigenvalue weighted by Gasteiger charge is -2.10. The summed E-state index contributed by atoms with van der Waals surface area (Å²) in [4.78, 5) is 26.5. The van der Waals surface area contributed by atoms with Gasteiger partial charge in [-0.15, -0.1) is 11.3 Å². The Kier molecular flexibility index (Phi) is 4.38. The van der Waals surface area contributed by atoms with Crippen LogP contribution in [0.2, 0.25) is 0 Å². The van der Waals surface area contributed by atoms with Gasteiger partial charge < -0.3 is 10.2 Å². The number of nitrogens with one attached hydrogen (secondary N) is 1. The highest BCUT2D eigenvalue weighted by molar-refractivity contribution is 7.92. The smallest absolute Gasteiger partial charge is 0.335 e. The van der Waals surface area contributed by atoms with E-state index in [0.717, 1.165) is 23.2 Å². The highest BCUT2D eigenvalue weighted by atomic mass is 32.2. The molecule has 0 aliphatic heterocycles. The number of aromatic nitrogens is 1. The largest absolute Gasteiger partial charge is 0.478 e. The Morgan fingerprint density at radius 1 is 1.04 bits per heavy atom. The van der Waals surface area contributed by atoms with Crippen molar-refractivity contribution in [1.29, 1.82) is 0 Å². The molecule has 134 valence electrons. The highest BCUT2D eigenvalue weighted by Gasteiger charge is 2.18. The SMILES string of the molecule is Cc1nc2ccc(S(=O)(=O)Nc3cc(C(=O)O)cc(C(=O)O)c3)cc2s1. The normalized spacial score (nSPS) is 11.4. The van der Waals surface area contributed by atoms with Gasteiger partial charge >= 0.3 is 11.9 Å². The van der Waals surface area contributed by atoms with Crippen molar-refractivity contribution >= 4 is 49.2 Å². The molecule has 0 fully saturated rings. The number of rotatable bonds is 5.